The third kappa shape index (κ3) is 7.98. The molecule has 1 saturated heterocycles. The second kappa shape index (κ2) is 12.1. The Kier molecular flexibility index (Phi) is 9.53. The van der Waals surface area contributed by atoms with Crippen molar-refractivity contribution < 1.29 is 9.72 Å². The fourth-order valence-corrected chi connectivity index (χ4v) is 3.22. The number of nitro groups is 1. The molecule has 1 aliphatic rings. The highest BCUT2D eigenvalue weighted by atomic mass is 16.6. The maximum atomic E-state index is 12.0. The largest absolute Gasteiger partial charge is 0.356 e. The quantitative estimate of drug-likeness (QED) is 0.209. The van der Waals surface area contributed by atoms with Crippen molar-refractivity contribution in [3.63, 3.8) is 0 Å². The fraction of sp³-hybridized carbons (Fsp3) is 0.619. The van der Waals surface area contributed by atoms with E-state index in [-0.39, 0.29) is 17.6 Å². The predicted octanol–water partition coefficient (Wildman–Crippen LogP) is 1.98. The smallest absolute Gasteiger partial charge is 0.269 e. The number of aliphatic imine (C=N–C) groups is 1. The Labute approximate surface area is 178 Å². The molecule has 0 bridgehead atoms. The minimum absolute atomic E-state index is 0.0617. The van der Waals surface area contributed by atoms with Crippen LogP contribution < -0.4 is 10.6 Å². The number of rotatable bonds is 9. The predicted molar refractivity (Wildman–Crippen MR) is 118 cm³/mol. The molecule has 0 spiro atoms. The maximum Gasteiger partial charge on any atom is 0.269 e. The molecular formula is C21H34N6O3. The number of hydrogen-bond donors (Lipinski definition) is 2. The Hall–Kier alpha value is -2.68. The lowest BCUT2D eigenvalue weighted by molar-refractivity contribution is -0.384. The van der Waals surface area contributed by atoms with Crippen molar-refractivity contribution in [2.24, 2.45) is 4.99 Å². The topological polar surface area (TPSA) is 103 Å². The Bertz CT molecular complexity index is 712. The molecular weight excluding hydrogens is 384 g/mol. The SMILES string of the molecule is CCCCNC(=NCc1ccc([N+](=O)[O-])cc1)N1CCN(CC(=O)NC(C)C)CC1. The van der Waals surface area contributed by atoms with Crippen LogP contribution >= 0.6 is 0 Å². The number of guanidine groups is 1. The van der Waals surface area contributed by atoms with Crippen LogP contribution in [-0.4, -0.2) is 71.9 Å². The van der Waals surface area contributed by atoms with Crippen molar-refractivity contribution in [1.82, 2.24) is 20.4 Å². The summed E-state index contributed by atoms with van der Waals surface area (Å²) in [5, 5.41) is 17.2. The zero-order valence-electron chi connectivity index (χ0n) is 18.3. The molecule has 1 fully saturated rings. The highest BCUT2D eigenvalue weighted by Gasteiger charge is 2.21. The molecule has 0 unspecified atom stereocenters. The number of carbonyl (C=O) groups excluding carboxylic acids is 1. The van der Waals surface area contributed by atoms with E-state index in [9.17, 15) is 14.9 Å². The minimum atomic E-state index is -0.397. The van der Waals surface area contributed by atoms with Gasteiger partial charge in [-0.25, -0.2) is 4.99 Å². The number of non-ortho nitro benzene ring substituents is 1. The molecule has 9 heteroatoms. The van der Waals surface area contributed by atoms with Crippen molar-refractivity contribution >= 4 is 17.6 Å². The first-order valence-electron chi connectivity index (χ1n) is 10.7. The number of piperazine rings is 1. The van der Waals surface area contributed by atoms with Gasteiger partial charge in [0.05, 0.1) is 18.0 Å². The molecule has 0 radical (unpaired) electrons. The van der Waals surface area contributed by atoms with Crippen LogP contribution in [0, 0.1) is 10.1 Å². The van der Waals surface area contributed by atoms with Crippen LogP contribution in [0.2, 0.25) is 0 Å². The third-order valence-corrected chi connectivity index (χ3v) is 4.86. The molecule has 1 aromatic carbocycles. The Morgan fingerprint density at radius 2 is 1.87 bits per heavy atom. The van der Waals surface area contributed by atoms with Gasteiger partial charge < -0.3 is 15.5 Å². The van der Waals surface area contributed by atoms with Gasteiger partial charge in [-0.2, -0.15) is 0 Å². The van der Waals surface area contributed by atoms with Gasteiger partial charge in [0.1, 0.15) is 0 Å². The first-order valence-corrected chi connectivity index (χ1v) is 10.7. The summed E-state index contributed by atoms with van der Waals surface area (Å²) in [6, 6.07) is 6.67. The average molecular weight is 419 g/mol. The van der Waals surface area contributed by atoms with Crippen LogP contribution in [-0.2, 0) is 11.3 Å². The van der Waals surface area contributed by atoms with Gasteiger partial charge in [-0.15, -0.1) is 0 Å². The standard InChI is InChI=1S/C21H34N6O3/c1-4-5-10-22-21(23-15-18-6-8-19(9-7-18)27(29)30)26-13-11-25(12-14-26)16-20(28)24-17(2)3/h6-9,17H,4-5,10-16H2,1-3H3,(H,22,23)(H,24,28). The second-order valence-electron chi connectivity index (χ2n) is 7.83. The third-order valence-electron chi connectivity index (χ3n) is 4.86. The summed E-state index contributed by atoms with van der Waals surface area (Å²) >= 11 is 0. The molecule has 0 aromatic heterocycles. The number of hydrogen-bond acceptors (Lipinski definition) is 5. The molecule has 166 valence electrons. The van der Waals surface area contributed by atoms with Gasteiger partial charge in [0.15, 0.2) is 5.96 Å². The van der Waals surface area contributed by atoms with Gasteiger partial charge in [-0.05, 0) is 25.8 Å². The lowest BCUT2D eigenvalue weighted by Gasteiger charge is -2.36. The molecule has 9 nitrogen and oxygen atoms in total. The summed E-state index contributed by atoms with van der Waals surface area (Å²) < 4.78 is 0. The summed E-state index contributed by atoms with van der Waals surface area (Å²) in [4.78, 5) is 31.5. The summed E-state index contributed by atoms with van der Waals surface area (Å²) in [5.74, 6) is 0.916. The van der Waals surface area contributed by atoms with Crippen molar-refractivity contribution in [3.8, 4) is 0 Å². The van der Waals surface area contributed by atoms with E-state index >= 15 is 0 Å². The summed E-state index contributed by atoms with van der Waals surface area (Å²) in [6.07, 6.45) is 2.16. The summed E-state index contributed by atoms with van der Waals surface area (Å²) in [7, 11) is 0. The molecule has 0 aliphatic carbocycles. The minimum Gasteiger partial charge on any atom is -0.356 e. The lowest BCUT2D eigenvalue weighted by Crippen LogP contribution is -2.54. The fourth-order valence-electron chi connectivity index (χ4n) is 3.22. The maximum absolute atomic E-state index is 12.0. The molecule has 0 atom stereocenters. The van der Waals surface area contributed by atoms with E-state index in [0.29, 0.717) is 13.1 Å². The first-order chi connectivity index (χ1) is 14.4. The Morgan fingerprint density at radius 1 is 1.20 bits per heavy atom. The highest BCUT2D eigenvalue weighted by Crippen LogP contribution is 2.13. The van der Waals surface area contributed by atoms with E-state index in [1.54, 1.807) is 12.1 Å². The summed E-state index contributed by atoms with van der Waals surface area (Å²) in [5.41, 5.74) is 1.01. The van der Waals surface area contributed by atoms with E-state index in [2.05, 4.69) is 27.4 Å². The molecule has 30 heavy (non-hydrogen) atoms. The lowest BCUT2D eigenvalue weighted by atomic mass is 10.2. The van der Waals surface area contributed by atoms with Gasteiger partial charge in [0.2, 0.25) is 5.91 Å². The van der Waals surface area contributed by atoms with Gasteiger partial charge in [0.25, 0.3) is 5.69 Å². The van der Waals surface area contributed by atoms with Crippen LogP contribution in [0.5, 0.6) is 0 Å². The van der Waals surface area contributed by atoms with E-state index in [0.717, 1.165) is 57.1 Å². The Morgan fingerprint density at radius 3 is 2.43 bits per heavy atom. The number of carbonyl (C=O) groups is 1. The van der Waals surface area contributed by atoms with E-state index in [1.807, 2.05) is 13.8 Å². The van der Waals surface area contributed by atoms with Crippen molar-refractivity contribution in [3.05, 3.63) is 39.9 Å². The molecule has 1 aromatic rings. The molecule has 2 rings (SSSR count). The number of amides is 1. The van der Waals surface area contributed by atoms with E-state index in [1.165, 1.54) is 12.1 Å². The van der Waals surface area contributed by atoms with Gasteiger partial charge in [-0.1, -0.05) is 25.5 Å². The van der Waals surface area contributed by atoms with Crippen LogP contribution in [0.25, 0.3) is 0 Å². The molecule has 1 aliphatic heterocycles. The number of nitrogens with zero attached hydrogens (tertiary/aromatic N) is 4. The monoisotopic (exact) mass is 418 g/mol. The number of benzene rings is 1. The van der Waals surface area contributed by atoms with E-state index < -0.39 is 4.92 Å². The number of nitro benzene ring substituents is 1. The number of unbranched alkanes of at least 4 members (excludes halogenated alkanes) is 1. The first kappa shape index (κ1) is 23.6. The zero-order chi connectivity index (χ0) is 21.9. The number of nitrogens with one attached hydrogen (secondary N) is 2. The highest BCUT2D eigenvalue weighted by molar-refractivity contribution is 5.80. The van der Waals surface area contributed by atoms with Crippen LogP contribution in [0.3, 0.4) is 0 Å². The molecule has 1 amide bonds. The van der Waals surface area contributed by atoms with Crippen molar-refractivity contribution in [2.75, 3.05) is 39.3 Å². The average Bonchev–Trinajstić information content (AvgIpc) is 2.71. The van der Waals surface area contributed by atoms with Crippen LogP contribution in [0.1, 0.15) is 39.2 Å². The van der Waals surface area contributed by atoms with E-state index in [4.69, 9.17) is 4.99 Å². The zero-order valence-corrected chi connectivity index (χ0v) is 18.3. The molecule has 2 N–H and O–H groups in total. The van der Waals surface area contributed by atoms with Gasteiger partial charge in [-0.3, -0.25) is 19.8 Å². The molecule has 1 heterocycles. The van der Waals surface area contributed by atoms with Crippen LogP contribution in [0.15, 0.2) is 29.3 Å². The van der Waals surface area contributed by atoms with Crippen molar-refractivity contribution in [2.45, 2.75) is 46.2 Å². The van der Waals surface area contributed by atoms with Crippen molar-refractivity contribution in [1.29, 1.82) is 0 Å². The normalized spacial score (nSPS) is 15.3. The van der Waals surface area contributed by atoms with Gasteiger partial charge in [0, 0.05) is 50.9 Å². The van der Waals surface area contributed by atoms with Crippen LogP contribution in [0.4, 0.5) is 5.69 Å². The molecule has 0 saturated carbocycles. The van der Waals surface area contributed by atoms with Gasteiger partial charge >= 0.3 is 0 Å². The second-order valence-corrected chi connectivity index (χ2v) is 7.83. The Balaban J connectivity index is 1.94. The summed E-state index contributed by atoms with van der Waals surface area (Å²) in [6.45, 7) is 11.0.